The zero-order valence-electron chi connectivity index (χ0n) is 20.9. The number of halogens is 4. The predicted octanol–water partition coefficient (Wildman–Crippen LogP) is 10.1. The van der Waals surface area contributed by atoms with Gasteiger partial charge in [-0.3, -0.25) is 0 Å². The Morgan fingerprint density at radius 1 is 0.857 bits per heavy atom. The first-order valence-electron chi connectivity index (χ1n) is 13.8. The summed E-state index contributed by atoms with van der Waals surface area (Å²) in [6, 6.07) is 9.01. The molecule has 0 atom stereocenters. The zero-order chi connectivity index (χ0) is 24.7. The molecule has 0 saturated heterocycles. The van der Waals surface area contributed by atoms with Gasteiger partial charge in [0.15, 0.2) is 0 Å². The maximum absolute atomic E-state index is 12.7. The van der Waals surface area contributed by atoms with Gasteiger partial charge in [-0.15, -0.1) is 5.92 Å². The van der Waals surface area contributed by atoms with E-state index < -0.39 is 12.6 Å². The molecule has 0 bridgehead atoms. The molecule has 0 spiro atoms. The first-order valence-corrected chi connectivity index (χ1v) is 14.3. The van der Waals surface area contributed by atoms with E-state index >= 15 is 0 Å². The molecule has 0 aromatic heterocycles. The van der Waals surface area contributed by atoms with Gasteiger partial charge in [0, 0.05) is 12.0 Å². The highest BCUT2D eigenvalue weighted by Crippen LogP contribution is 2.47. The van der Waals surface area contributed by atoms with Gasteiger partial charge in [0.05, 0.1) is 11.8 Å². The average Bonchev–Trinajstić information content (AvgIpc) is 2.88. The molecule has 0 heterocycles. The van der Waals surface area contributed by atoms with Crippen molar-refractivity contribution < 1.29 is 13.2 Å². The Labute approximate surface area is 215 Å². The van der Waals surface area contributed by atoms with Crippen molar-refractivity contribution in [2.75, 3.05) is 0 Å². The fourth-order valence-electron chi connectivity index (χ4n) is 6.95. The normalized spacial score (nSPS) is 30.7. The van der Waals surface area contributed by atoms with Crippen LogP contribution in [-0.2, 0) is 5.41 Å². The van der Waals surface area contributed by atoms with Crippen LogP contribution in [0.5, 0.6) is 0 Å². The third-order valence-corrected chi connectivity index (χ3v) is 9.26. The first kappa shape index (κ1) is 26.7. The van der Waals surface area contributed by atoms with Crippen molar-refractivity contribution in [2.45, 2.75) is 114 Å². The van der Waals surface area contributed by atoms with Crippen molar-refractivity contribution in [2.24, 2.45) is 17.8 Å². The summed E-state index contributed by atoms with van der Waals surface area (Å²) in [6.07, 6.45) is 12.8. The fourth-order valence-corrected chi connectivity index (χ4v) is 7.16. The van der Waals surface area contributed by atoms with E-state index in [1.807, 2.05) is 0 Å². The topological polar surface area (TPSA) is 0 Å². The summed E-state index contributed by atoms with van der Waals surface area (Å²) in [7, 11) is 0. The number of benzene rings is 1. The molecule has 192 valence electrons. The molecule has 3 aliphatic rings. The van der Waals surface area contributed by atoms with Crippen molar-refractivity contribution in [1.29, 1.82) is 0 Å². The van der Waals surface area contributed by atoms with Crippen LogP contribution >= 0.6 is 11.6 Å². The van der Waals surface area contributed by atoms with Gasteiger partial charge in [0.1, 0.15) is 0 Å². The van der Waals surface area contributed by atoms with Gasteiger partial charge in [0.2, 0.25) is 0 Å². The summed E-state index contributed by atoms with van der Waals surface area (Å²) in [4.78, 5) is 0. The molecule has 1 aromatic carbocycles. The van der Waals surface area contributed by atoms with Crippen molar-refractivity contribution in [1.82, 2.24) is 0 Å². The number of alkyl halides is 3. The Morgan fingerprint density at radius 3 is 2.09 bits per heavy atom. The van der Waals surface area contributed by atoms with Gasteiger partial charge in [-0.1, -0.05) is 80.0 Å². The predicted molar refractivity (Wildman–Crippen MR) is 139 cm³/mol. The summed E-state index contributed by atoms with van der Waals surface area (Å²) in [5.41, 5.74) is 3.95. The quantitative estimate of drug-likeness (QED) is 0.350. The van der Waals surface area contributed by atoms with Crippen LogP contribution in [0.3, 0.4) is 0 Å². The van der Waals surface area contributed by atoms with Gasteiger partial charge in [-0.2, -0.15) is 13.2 Å². The van der Waals surface area contributed by atoms with Crippen molar-refractivity contribution in [3.63, 3.8) is 0 Å². The maximum Gasteiger partial charge on any atom is 0.390 e. The molecule has 0 unspecified atom stereocenters. The number of hydrogen-bond donors (Lipinski definition) is 0. The highest BCUT2D eigenvalue weighted by Gasteiger charge is 2.38. The Balaban J connectivity index is 1.46. The summed E-state index contributed by atoms with van der Waals surface area (Å²) in [6.45, 7) is 0. The van der Waals surface area contributed by atoms with E-state index in [0.717, 1.165) is 37.5 Å². The summed E-state index contributed by atoms with van der Waals surface area (Å²) in [5, 5.41) is 0. The van der Waals surface area contributed by atoms with Crippen LogP contribution in [0.15, 0.2) is 35.9 Å². The van der Waals surface area contributed by atoms with Crippen molar-refractivity contribution in [3.05, 3.63) is 47.0 Å². The molecule has 0 aliphatic heterocycles. The van der Waals surface area contributed by atoms with E-state index in [0.29, 0.717) is 11.8 Å². The van der Waals surface area contributed by atoms with Gasteiger partial charge in [-0.05, 0) is 86.2 Å². The lowest BCUT2D eigenvalue weighted by Gasteiger charge is -2.41. The van der Waals surface area contributed by atoms with E-state index in [4.69, 9.17) is 11.6 Å². The van der Waals surface area contributed by atoms with E-state index in [1.165, 1.54) is 68.9 Å². The second-order valence-corrected chi connectivity index (χ2v) is 11.5. The molecule has 0 radical (unpaired) electrons. The Hall–Kier alpha value is -1.40. The molecule has 0 nitrogen and oxygen atoms in total. The van der Waals surface area contributed by atoms with Crippen LogP contribution in [0.25, 0.3) is 0 Å². The van der Waals surface area contributed by atoms with Crippen LogP contribution in [0.4, 0.5) is 13.2 Å². The first-order chi connectivity index (χ1) is 16.9. The maximum atomic E-state index is 12.7. The van der Waals surface area contributed by atoms with E-state index in [-0.39, 0.29) is 11.8 Å². The lowest BCUT2D eigenvalue weighted by atomic mass is 9.63. The van der Waals surface area contributed by atoms with E-state index in [2.05, 4.69) is 42.2 Å². The number of hydrogen-bond acceptors (Lipinski definition) is 0. The third-order valence-electron chi connectivity index (χ3n) is 9.11. The average molecular weight is 505 g/mol. The molecular formula is C31H40ClF3. The SMILES string of the molecule is FC(F)(F)CCC#CC1(c2ccc(C3CCC(C=CCl)CC3)cc2)CCC(C2CCCCC2)CC1. The Kier molecular flexibility index (Phi) is 9.31. The number of rotatable bonds is 5. The Morgan fingerprint density at radius 2 is 1.49 bits per heavy atom. The van der Waals surface area contributed by atoms with Gasteiger partial charge >= 0.3 is 6.18 Å². The van der Waals surface area contributed by atoms with Gasteiger partial charge in [0.25, 0.3) is 0 Å². The minimum atomic E-state index is -4.14. The van der Waals surface area contributed by atoms with Crippen LogP contribution in [0.1, 0.15) is 113 Å². The zero-order valence-corrected chi connectivity index (χ0v) is 21.6. The largest absolute Gasteiger partial charge is 0.390 e. The minimum Gasteiger partial charge on any atom is -0.171 e. The molecule has 3 fully saturated rings. The van der Waals surface area contributed by atoms with Crippen LogP contribution in [0.2, 0.25) is 0 Å². The molecule has 35 heavy (non-hydrogen) atoms. The highest BCUT2D eigenvalue weighted by atomic mass is 35.5. The molecule has 0 amide bonds. The molecule has 4 heteroatoms. The number of allylic oxidation sites excluding steroid dienone is 1. The lowest BCUT2D eigenvalue weighted by molar-refractivity contribution is -0.133. The molecular weight excluding hydrogens is 465 g/mol. The summed E-state index contributed by atoms with van der Waals surface area (Å²) < 4.78 is 38.1. The monoisotopic (exact) mass is 504 g/mol. The van der Waals surface area contributed by atoms with E-state index in [9.17, 15) is 13.2 Å². The van der Waals surface area contributed by atoms with Crippen LogP contribution in [-0.4, -0.2) is 6.18 Å². The highest BCUT2D eigenvalue weighted by molar-refractivity contribution is 6.25. The van der Waals surface area contributed by atoms with Crippen molar-refractivity contribution >= 4 is 11.6 Å². The Bertz CT molecular complexity index is 867. The third kappa shape index (κ3) is 7.31. The smallest absolute Gasteiger partial charge is 0.171 e. The van der Waals surface area contributed by atoms with Gasteiger partial charge in [-0.25, -0.2) is 0 Å². The van der Waals surface area contributed by atoms with Gasteiger partial charge < -0.3 is 0 Å². The minimum absolute atomic E-state index is 0.102. The molecule has 1 aromatic rings. The molecule has 0 N–H and O–H groups in total. The fraction of sp³-hybridized carbons (Fsp3) is 0.677. The molecule has 3 saturated carbocycles. The molecule has 4 rings (SSSR count). The second kappa shape index (κ2) is 12.2. The van der Waals surface area contributed by atoms with Crippen molar-refractivity contribution in [3.8, 4) is 11.8 Å². The summed E-state index contributed by atoms with van der Waals surface area (Å²) >= 11 is 5.77. The molecule has 3 aliphatic carbocycles. The van der Waals surface area contributed by atoms with Crippen LogP contribution < -0.4 is 0 Å². The standard InChI is InChI=1S/C31H40ClF3/c32-23-18-24-8-10-26(11-9-24)27-12-14-29(15-13-27)30(19-4-5-20-31(33,34)35)21-16-28(17-22-30)25-6-2-1-3-7-25/h12-15,18,23-26,28H,1-3,5-11,16-17,20-22H2. The van der Waals surface area contributed by atoms with Crippen LogP contribution in [0, 0.1) is 29.6 Å². The lowest BCUT2D eigenvalue weighted by Crippen LogP contribution is -2.33. The van der Waals surface area contributed by atoms with E-state index in [1.54, 1.807) is 5.54 Å². The summed E-state index contributed by atoms with van der Waals surface area (Å²) in [5.74, 6) is 9.13. The second-order valence-electron chi connectivity index (χ2n) is 11.3.